The third-order valence-electron chi connectivity index (χ3n) is 1.58. The number of carboxylic acid groups (broad SMARTS) is 1. The van der Waals surface area contributed by atoms with Crippen molar-refractivity contribution in [1.29, 1.82) is 0 Å². The van der Waals surface area contributed by atoms with Crippen molar-refractivity contribution in [1.82, 2.24) is 5.48 Å². The monoisotopic (exact) mass is 213 g/mol. The molecule has 5 nitrogen and oxygen atoms in total. The zero-order valence-corrected chi connectivity index (χ0v) is 9.03. The van der Waals surface area contributed by atoms with Gasteiger partial charge in [0.25, 0.3) is 0 Å². The standard InChI is InChI=1S/C10H15NO4/c1-10(2,3)15-11-6-7-4-5-14-8(7)9(12)13/h4-5,11H,6H2,1-3H3,(H,12,13). The maximum atomic E-state index is 10.7. The minimum Gasteiger partial charge on any atom is -0.475 e. The van der Waals surface area contributed by atoms with Gasteiger partial charge >= 0.3 is 5.97 Å². The van der Waals surface area contributed by atoms with Crippen LogP contribution >= 0.6 is 0 Å². The third-order valence-corrected chi connectivity index (χ3v) is 1.58. The molecule has 1 aromatic heterocycles. The van der Waals surface area contributed by atoms with Crippen molar-refractivity contribution < 1.29 is 19.2 Å². The molecule has 0 bridgehead atoms. The van der Waals surface area contributed by atoms with Crippen LogP contribution in [0.1, 0.15) is 36.9 Å². The van der Waals surface area contributed by atoms with Gasteiger partial charge in [-0.15, -0.1) is 0 Å². The lowest BCUT2D eigenvalue weighted by Crippen LogP contribution is -2.29. The van der Waals surface area contributed by atoms with Gasteiger partial charge < -0.3 is 9.52 Å². The Morgan fingerprint density at radius 1 is 1.60 bits per heavy atom. The fourth-order valence-corrected chi connectivity index (χ4v) is 0.993. The quantitative estimate of drug-likeness (QED) is 0.746. The summed E-state index contributed by atoms with van der Waals surface area (Å²) in [6.45, 7) is 5.99. The van der Waals surface area contributed by atoms with Gasteiger partial charge in [-0.1, -0.05) is 0 Å². The molecule has 84 valence electrons. The molecule has 0 aromatic carbocycles. The van der Waals surface area contributed by atoms with Crippen LogP contribution in [-0.2, 0) is 11.4 Å². The Labute approximate surface area is 88.0 Å². The average Bonchev–Trinajstić information content (AvgIpc) is 2.49. The van der Waals surface area contributed by atoms with Crippen LogP contribution in [0, 0.1) is 0 Å². The highest BCUT2D eigenvalue weighted by molar-refractivity contribution is 5.86. The Morgan fingerprint density at radius 3 is 2.80 bits per heavy atom. The molecule has 15 heavy (non-hydrogen) atoms. The van der Waals surface area contributed by atoms with Gasteiger partial charge in [0.05, 0.1) is 18.4 Å². The van der Waals surface area contributed by atoms with E-state index in [1.165, 1.54) is 6.26 Å². The van der Waals surface area contributed by atoms with E-state index in [0.717, 1.165) is 0 Å². The Bertz CT molecular complexity index is 337. The number of carboxylic acids is 1. The maximum absolute atomic E-state index is 10.7. The average molecular weight is 213 g/mol. The molecule has 0 radical (unpaired) electrons. The molecular formula is C10H15NO4. The smallest absolute Gasteiger partial charge is 0.372 e. The van der Waals surface area contributed by atoms with Crippen LogP contribution in [-0.4, -0.2) is 16.7 Å². The lowest BCUT2D eigenvalue weighted by molar-refractivity contribution is -0.0758. The molecule has 0 saturated heterocycles. The maximum Gasteiger partial charge on any atom is 0.372 e. The molecule has 0 saturated carbocycles. The molecule has 1 aromatic rings. The first-order valence-corrected chi connectivity index (χ1v) is 4.60. The van der Waals surface area contributed by atoms with Crippen LogP contribution in [0.15, 0.2) is 16.7 Å². The van der Waals surface area contributed by atoms with E-state index in [9.17, 15) is 4.79 Å². The van der Waals surface area contributed by atoms with Crippen molar-refractivity contribution in [3.05, 3.63) is 23.7 Å². The zero-order valence-electron chi connectivity index (χ0n) is 9.03. The van der Waals surface area contributed by atoms with Crippen molar-refractivity contribution in [2.75, 3.05) is 0 Å². The van der Waals surface area contributed by atoms with E-state index in [1.54, 1.807) is 6.07 Å². The van der Waals surface area contributed by atoms with Crippen LogP contribution in [0.4, 0.5) is 0 Å². The van der Waals surface area contributed by atoms with Crippen molar-refractivity contribution in [3.63, 3.8) is 0 Å². The highest BCUT2D eigenvalue weighted by atomic mass is 16.7. The zero-order chi connectivity index (χ0) is 11.5. The van der Waals surface area contributed by atoms with Crippen molar-refractivity contribution in [2.45, 2.75) is 32.9 Å². The number of furan rings is 1. The SMILES string of the molecule is CC(C)(C)ONCc1ccoc1C(=O)O. The van der Waals surface area contributed by atoms with Gasteiger partial charge in [0, 0.05) is 5.56 Å². The summed E-state index contributed by atoms with van der Waals surface area (Å²) in [6.07, 6.45) is 1.34. The summed E-state index contributed by atoms with van der Waals surface area (Å²) in [5.74, 6) is -1.13. The van der Waals surface area contributed by atoms with E-state index in [4.69, 9.17) is 14.4 Å². The Kier molecular flexibility index (Phi) is 3.49. The van der Waals surface area contributed by atoms with Gasteiger partial charge in [-0.2, -0.15) is 5.48 Å². The predicted octanol–water partition coefficient (Wildman–Crippen LogP) is 1.80. The molecule has 0 fully saturated rings. The number of hydrogen-bond donors (Lipinski definition) is 2. The van der Waals surface area contributed by atoms with E-state index in [2.05, 4.69) is 5.48 Å². The van der Waals surface area contributed by atoms with Crippen molar-refractivity contribution >= 4 is 5.97 Å². The lowest BCUT2D eigenvalue weighted by atomic mass is 10.2. The highest BCUT2D eigenvalue weighted by Crippen LogP contribution is 2.11. The van der Waals surface area contributed by atoms with Gasteiger partial charge in [-0.05, 0) is 26.8 Å². The molecule has 0 aliphatic carbocycles. The number of rotatable bonds is 4. The number of hydroxylamine groups is 1. The first-order valence-electron chi connectivity index (χ1n) is 4.60. The van der Waals surface area contributed by atoms with Crippen LogP contribution in [0.2, 0.25) is 0 Å². The molecule has 0 aliphatic rings. The summed E-state index contributed by atoms with van der Waals surface area (Å²) in [5.41, 5.74) is 2.95. The topological polar surface area (TPSA) is 71.7 Å². The largest absolute Gasteiger partial charge is 0.475 e. The van der Waals surface area contributed by atoms with Crippen molar-refractivity contribution in [2.24, 2.45) is 0 Å². The van der Waals surface area contributed by atoms with Gasteiger partial charge in [0.1, 0.15) is 0 Å². The number of aromatic carboxylic acids is 1. The minimum atomic E-state index is -1.08. The van der Waals surface area contributed by atoms with Gasteiger partial charge in [0.2, 0.25) is 5.76 Å². The Morgan fingerprint density at radius 2 is 2.27 bits per heavy atom. The lowest BCUT2D eigenvalue weighted by Gasteiger charge is -2.19. The second-order valence-electron chi connectivity index (χ2n) is 4.12. The first-order chi connectivity index (χ1) is 6.90. The predicted molar refractivity (Wildman–Crippen MR) is 53.3 cm³/mol. The second kappa shape index (κ2) is 4.46. The van der Waals surface area contributed by atoms with Crippen LogP contribution in [0.25, 0.3) is 0 Å². The summed E-state index contributed by atoms with van der Waals surface area (Å²) >= 11 is 0. The molecule has 0 aliphatic heterocycles. The second-order valence-corrected chi connectivity index (χ2v) is 4.12. The summed E-state index contributed by atoms with van der Waals surface area (Å²) in [6, 6.07) is 1.60. The molecule has 0 amide bonds. The first kappa shape index (κ1) is 11.7. The van der Waals surface area contributed by atoms with Gasteiger partial charge in [-0.3, -0.25) is 4.84 Å². The molecule has 0 spiro atoms. The van der Waals surface area contributed by atoms with Crippen LogP contribution < -0.4 is 5.48 Å². The van der Waals surface area contributed by atoms with Gasteiger partial charge in [0.15, 0.2) is 0 Å². The molecule has 0 unspecified atom stereocenters. The van der Waals surface area contributed by atoms with E-state index >= 15 is 0 Å². The normalized spacial score (nSPS) is 11.7. The fourth-order valence-electron chi connectivity index (χ4n) is 0.993. The summed E-state index contributed by atoms with van der Waals surface area (Å²) < 4.78 is 4.81. The number of hydrogen-bond acceptors (Lipinski definition) is 4. The molecule has 2 N–H and O–H groups in total. The molecule has 5 heteroatoms. The van der Waals surface area contributed by atoms with E-state index in [0.29, 0.717) is 12.1 Å². The molecular weight excluding hydrogens is 198 g/mol. The molecule has 0 atom stereocenters. The van der Waals surface area contributed by atoms with Crippen molar-refractivity contribution in [3.8, 4) is 0 Å². The van der Waals surface area contributed by atoms with Gasteiger partial charge in [-0.25, -0.2) is 4.79 Å². The third kappa shape index (κ3) is 3.73. The summed E-state index contributed by atoms with van der Waals surface area (Å²) in [5, 5.41) is 8.75. The summed E-state index contributed by atoms with van der Waals surface area (Å²) in [4.78, 5) is 15.9. The fraction of sp³-hybridized carbons (Fsp3) is 0.500. The van der Waals surface area contributed by atoms with Crippen LogP contribution in [0.3, 0.4) is 0 Å². The number of nitrogens with one attached hydrogen (secondary N) is 1. The van der Waals surface area contributed by atoms with E-state index < -0.39 is 5.97 Å². The minimum absolute atomic E-state index is 0.0555. The molecule has 1 rings (SSSR count). The van der Waals surface area contributed by atoms with Crippen LogP contribution in [0.5, 0.6) is 0 Å². The van der Waals surface area contributed by atoms with E-state index in [-0.39, 0.29) is 11.4 Å². The Hall–Kier alpha value is -1.33. The van der Waals surface area contributed by atoms with E-state index in [1.807, 2.05) is 20.8 Å². The Balaban J connectivity index is 2.51. The number of carbonyl (C=O) groups is 1. The highest BCUT2D eigenvalue weighted by Gasteiger charge is 2.15. The summed E-state index contributed by atoms with van der Waals surface area (Å²) in [7, 11) is 0. The molecule has 1 heterocycles.